The molecule has 3 aromatic rings. The Kier molecular flexibility index (Phi) is 4.05. The van der Waals surface area contributed by atoms with E-state index in [2.05, 4.69) is 5.32 Å². The Labute approximate surface area is 151 Å². The van der Waals surface area contributed by atoms with Crippen LogP contribution in [0.15, 0.2) is 66.7 Å². The first-order valence-corrected chi connectivity index (χ1v) is 8.56. The van der Waals surface area contributed by atoms with Gasteiger partial charge in [0.1, 0.15) is 6.04 Å². The number of primary amides is 1. The number of carbonyl (C=O) groups excluding carboxylic acids is 2. The summed E-state index contributed by atoms with van der Waals surface area (Å²) in [5.74, 6) is -0.499. The summed E-state index contributed by atoms with van der Waals surface area (Å²) in [5, 5.41) is 5.16. The minimum Gasteiger partial charge on any atom is -0.368 e. The topological polar surface area (TPSA) is 75.4 Å². The average Bonchev–Trinajstić information content (AvgIpc) is 3.06. The minimum atomic E-state index is -0.653. The van der Waals surface area contributed by atoms with Crippen molar-refractivity contribution < 1.29 is 9.59 Å². The van der Waals surface area contributed by atoms with Crippen LogP contribution in [0.2, 0.25) is 0 Å². The van der Waals surface area contributed by atoms with Crippen LogP contribution in [0.4, 0.5) is 10.5 Å². The van der Waals surface area contributed by atoms with Gasteiger partial charge in [-0.05, 0) is 28.0 Å². The first kappa shape index (κ1) is 16.1. The van der Waals surface area contributed by atoms with E-state index in [4.69, 9.17) is 5.73 Å². The Balaban J connectivity index is 1.58. The Morgan fingerprint density at radius 1 is 1.00 bits per heavy atom. The Morgan fingerprint density at radius 3 is 2.58 bits per heavy atom. The van der Waals surface area contributed by atoms with Crippen LogP contribution < -0.4 is 16.0 Å². The molecule has 0 unspecified atom stereocenters. The summed E-state index contributed by atoms with van der Waals surface area (Å²) < 4.78 is 0. The molecule has 0 aliphatic carbocycles. The molecule has 0 fully saturated rings. The number of rotatable bonds is 3. The summed E-state index contributed by atoms with van der Waals surface area (Å²) in [4.78, 5) is 26.1. The van der Waals surface area contributed by atoms with Crippen molar-refractivity contribution in [1.29, 1.82) is 0 Å². The molecule has 0 spiro atoms. The van der Waals surface area contributed by atoms with Gasteiger partial charge in [-0.3, -0.25) is 9.69 Å². The van der Waals surface area contributed by atoms with Gasteiger partial charge in [0.15, 0.2) is 0 Å². The number of hydrogen-bond acceptors (Lipinski definition) is 2. The highest BCUT2D eigenvalue weighted by atomic mass is 16.2. The number of nitrogens with one attached hydrogen (secondary N) is 1. The Bertz CT molecular complexity index is 994. The quantitative estimate of drug-likeness (QED) is 0.766. The van der Waals surface area contributed by atoms with Crippen LogP contribution in [0.5, 0.6) is 0 Å². The lowest BCUT2D eigenvalue weighted by Gasteiger charge is -2.23. The lowest BCUT2D eigenvalue weighted by molar-refractivity contribution is -0.119. The molecule has 1 aliphatic heterocycles. The van der Waals surface area contributed by atoms with Gasteiger partial charge in [-0.15, -0.1) is 0 Å². The molecule has 1 atom stereocenters. The zero-order valence-electron chi connectivity index (χ0n) is 14.2. The van der Waals surface area contributed by atoms with Crippen LogP contribution in [0.3, 0.4) is 0 Å². The van der Waals surface area contributed by atoms with Crippen LogP contribution in [0, 0.1) is 0 Å². The van der Waals surface area contributed by atoms with Gasteiger partial charge in [0.25, 0.3) is 0 Å². The normalized spacial score (nSPS) is 15.7. The van der Waals surface area contributed by atoms with Gasteiger partial charge in [0, 0.05) is 18.7 Å². The second-order valence-corrected chi connectivity index (χ2v) is 6.42. The highest BCUT2D eigenvalue weighted by Gasteiger charge is 2.36. The van der Waals surface area contributed by atoms with E-state index in [1.807, 2.05) is 66.7 Å². The molecule has 5 heteroatoms. The third kappa shape index (κ3) is 2.77. The maximum atomic E-state index is 12.8. The molecule has 130 valence electrons. The number of para-hydroxylation sites is 1. The minimum absolute atomic E-state index is 0.313. The molecule has 0 saturated carbocycles. The van der Waals surface area contributed by atoms with Crippen molar-refractivity contribution >= 4 is 28.4 Å². The highest BCUT2D eigenvalue weighted by molar-refractivity contribution is 6.02. The predicted octanol–water partition coefficient (Wildman–Crippen LogP) is 2.97. The molecule has 0 saturated heterocycles. The highest BCUT2D eigenvalue weighted by Crippen LogP contribution is 2.32. The Hall–Kier alpha value is -3.34. The van der Waals surface area contributed by atoms with Gasteiger partial charge in [-0.1, -0.05) is 60.7 Å². The number of amides is 3. The van der Waals surface area contributed by atoms with Gasteiger partial charge in [0.2, 0.25) is 5.91 Å². The summed E-state index contributed by atoms with van der Waals surface area (Å²) in [7, 11) is 0. The zero-order valence-corrected chi connectivity index (χ0v) is 14.2. The fourth-order valence-corrected chi connectivity index (χ4v) is 3.57. The van der Waals surface area contributed by atoms with Crippen molar-refractivity contribution in [2.75, 3.05) is 4.90 Å². The molecule has 3 aromatic carbocycles. The number of carbonyl (C=O) groups is 2. The molecule has 1 aliphatic rings. The van der Waals surface area contributed by atoms with Crippen molar-refractivity contribution in [3.05, 3.63) is 77.9 Å². The van der Waals surface area contributed by atoms with E-state index in [0.29, 0.717) is 13.0 Å². The third-order valence-corrected chi connectivity index (χ3v) is 4.83. The lowest BCUT2D eigenvalue weighted by Crippen LogP contribution is -2.50. The molecule has 0 aromatic heterocycles. The van der Waals surface area contributed by atoms with E-state index in [0.717, 1.165) is 27.6 Å². The van der Waals surface area contributed by atoms with E-state index in [9.17, 15) is 9.59 Å². The second-order valence-electron chi connectivity index (χ2n) is 6.42. The largest absolute Gasteiger partial charge is 0.368 e. The van der Waals surface area contributed by atoms with Crippen LogP contribution in [0.25, 0.3) is 10.8 Å². The summed E-state index contributed by atoms with van der Waals surface area (Å²) in [6.07, 6.45) is 0.452. The summed E-state index contributed by atoms with van der Waals surface area (Å²) in [6, 6.07) is 20.6. The summed E-state index contributed by atoms with van der Waals surface area (Å²) >= 11 is 0. The van der Waals surface area contributed by atoms with Crippen LogP contribution in [0.1, 0.15) is 11.1 Å². The molecular weight excluding hydrogens is 326 g/mol. The molecular formula is C21H19N3O2. The molecule has 3 N–H and O–H groups in total. The molecule has 3 amide bonds. The molecule has 0 bridgehead atoms. The lowest BCUT2D eigenvalue weighted by atomic mass is 10.0. The van der Waals surface area contributed by atoms with Crippen LogP contribution in [-0.4, -0.2) is 18.0 Å². The number of nitrogens with two attached hydrogens (primary N) is 1. The first-order chi connectivity index (χ1) is 12.6. The van der Waals surface area contributed by atoms with Crippen molar-refractivity contribution in [3.63, 3.8) is 0 Å². The number of urea groups is 1. The second kappa shape index (κ2) is 6.52. The summed E-state index contributed by atoms with van der Waals surface area (Å²) in [6.45, 7) is 0.379. The molecule has 0 radical (unpaired) electrons. The van der Waals surface area contributed by atoms with Crippen molar-refractivity contribution in [1.82, 2.24) is 5.32 Å². The number of fused-ring (bicyclic) bond motifs is 2. The third-order valence-electron chi connectivity index (χ3n) is 4.83. The van der Waals surface area contributed by atoms with E-state index in [1.165, 1.54) is 4.90 Å². The SMILES string of the molecule is NC(=O)[C@H]1Cc2ccccc2N1C(=O)NCc1cccc2ccccc12. The van der Waals surface area contributed by atoms with Gasteiger partial charge in [0.05, 0.1) is 0 Å². The van der Waals surface area contributed by atoms with E-state index >= 15 is 0 Å². The van der Waals surface area contributed by atoms with E-state index < -0.39 is 11.9 Å². The maximum Gasteiger partial charge on any atom is 0.322 e. The molecule has 5 nitrogen and oxygen atoms in total. The fraction of sp³-hybridized carbons (Fsp3) is 0.143. The Morgan fingerprint density at radius 2 is 1.73 bits per heavy atom. The number of benzene rings is 3. The van der Waals surface area contributed by atoms with Crippen LogP contribution >= 0.6 is 0 Å². The van der Waals surface area contributed by atoms with Crippen molar-refractivity contribution in [2.45, 2.75) is 19.0 Å². The van der Waals surface area contributed by atoms with E-state index in [-0.39, 0.29) is 6.03 Å². The molecule has 26 heavy (non-hydrogen) atoms. The standard InChI is InChI=1S/C21H19N3O2/c22-20(25)19-12-15-7-2-4-11-18(15)24(19)21(26)23-13-16-9-5-8-14-6-1-3-10-17(14)16/h1-11,19H,12-13H2,(H2,22,25)(H,23,26)/t19-/m1/s1. The van der Waals surface area contributed by atoms with Crippen molar-refractivity contribution in [2.24, 2.45) is 5.73 Å². The van der Waals surface area contributed by atoms with Gasteiger partial charge < -0.3 is 11.1 Å². The number of hydrogen-bond donors (Lipinski definition) is 2. The number of anilines is 1. The zero-order chi connectivity index (χ0) is 18.1. The monoisotopic (exact) mass is 345 g/mol. The number of nitrogens with zero attached hydrogens (tertiary/aromatic N) is 1. The van der Waals surface area contributed by atoms with E-state index in [1.54, 1.807) is 0 Å². The van der Waals surface area contributed by atoms with Crippen LogP contribution in [-0.2, 0) is 17.8 Å². The maximum absolute atomic E-state index is 12.8. The van der Waals surface area contributed by atoms with Gasteiger partial charge in [-0.2, -0.15) is 0 Å². The predicted molar refractivity (Wildman–Crippen MR) is 102 cm³/mol. The first-order valence-electron chi connectivity index (χ1n) is 8.56. The van der Waals surface area contributed by atoms with Gasteiger partial charge >= 0.3 is 6.03 Å². The molecule has 4 rings (SSSR count). The smallest absolute Gasteiger partial charge is 0.322 e. The van der Waals surface area contributed by atoms with Gasteiger partial charge in [-0.25, -0.2) is 4.79 Å². The fourth-order valence-electron chi connectivity index (χ4n) is 3.57. The molecule has 1 heterocycles. The summed E-state index contributed by atoms with van der Waals surface area (Å²) in [5.41, 5.74) is 8.25. The van der Waals surface area contributed by atoms with Crippen molar-refractivity contribution in [3.8, 4) is 0 Å². The average molecular weight is 345 g/mol.